The van der Waals surface area contributed by atoms with Gasteiger partial charge in [0.25, 0.3) is 11.1 Å². The smallest absolute Gasteiger partial charge is 0.264 e. The van der Waals surface area contributed by atoms with Crippen molar-refractivity contribution >= 4 is 55.5 Å². The van der Waals surface area contributed by atoms with Crippen LogP contribution in [0.15, 0.2) is 107 Å². The average molecular weight is 955 g/mol. The summed E-state index contributed by atoms with van der Waals surface area (Å²) < 4.78 is 48.8. The molecule has 2 aliphatic carbocycles. The Kier molecular flexibility index (Phi) is 10.3. The van der Waals surface area contributed by atoms with Crippen LogP contribution in [0.25, 0.3) is 66.4 Å². The summed E-state index contributed by atoms with van der Waals surface area (Å²) >= 11 is 0. The SMILES string of the molecule is COc1ccc(-c2nn([C@H](C)c3nc4cccc(F)c4c(=O)n3C3CC(COc4cccc(-c5nn(C(C)c6nc7ccccc7c(=O)n6C6CC6)c6ncnc(N)c56)c4)C3)c3ncnc(N)c23)cc1F. The van der Waals surface area contributed by atoms with Crippen LogP contribution in [0.1, 0.15) is 75.3 Å². The van der Waals surface area contributed by atoms with Gasteiger partial charge in [-0.15, -0.1) is 0 Å². The fourth-order valence-corrected chi connectivity index (χ4v) is 9.97. The molecule has 4 aromatic carbocycles. The van der Waals surface area contributed by atoms with Crippen molar-refractivity contribution in [1.29, 1.82) is 0 Å². The van der Waals surface area contributed by atoms with E-state index in [2.05, 4.69) is 19.9 Å². The van der Waals surface area contributed by atoms with E-state index in [9.17, 15) is 9.59 Å². The van der Waals surface area contributed by atoms with E-state index in [4.69, 9.17) is 41.1 Å². The predicted molar refractivity (Wildman–Crippen MR) is 262 cm³/mol. The van der Waals surface area contributed by atoms with E-state index in [1.54, 1.807) is 36.7 Å². The Morgan fingerprint density at radius 3 is 1.92 bits per heavy atom. The molecule has 6 aromatic heterocycles. The second-order valence-electron chi connectivity index (χ2n) is 18.2. The number of nitrogens with two attached hydrogens (primary N) is 2. The molecule has 0 aliphatic heterocycles. The minimum atomic E-state index is -0.740. The third-order valence-corrected chi connectivity index (χ3v) is 13.8. The zero-order valence-electron chi connectivity index (χ0n) is 38.6. The molecule has 18 nitrogen and oxygen atoms in total. The number of nitrogen functional groups attached to an aromatic ring is 2. The summed E-state index contributed by atoms with van der Waals surface area (Å²) in [6.07, 6.45) is 5.55. The molecule has 1 unspecified atom stereocenters. The summed E-state index contributed by atoms with van der Waals surface area (Å²) in [6.45, 7) is 4.09. The van der Waals surface area contributed by atoms with Gasteiger partial charge in [0.05, 0.1) is 40.9 Å². The topological polar surface area (TPSA) is 227 Å². The van der Waals surface area contributed by atoms with Crippen LogP contribution >= 0.6 is 0 Å². The number of para-hydroxylation sites is 1. The van der Waals surface area contributed by atoms with Crippen LogP contribution in [0.4, 0.5) is 20.4 Å². The lowest BCUT2D eigenvalue weighted by Gasteiger charge is -2.38. The zero-order chi connectivity index (χ0) is 48.8. The van der Waals surface area contributed by atoms with Crippen LogP contribution in [-0.2, 0) is 0 Å². The van der Waals surface area contributed by atoms with Crippen molar-refractivity contribution in [2.24, 2.45) is 5.92 Å². The molecular formula is C51H44F2N14O4. The van der Waals surface area contributed by atoms with Gasteiger partial charge in [0.15, 0.2) is 22.9 Å². The van der Waals surface area contributed by atoms with Gasteiger partial charge in [-0.2, -0.15) is 10.2 Å². The van der Waals surface area contributed by atoms with Crippen molar-refractivity contribution in [3.8, 4) is 34.0 Å². The molecular weight excluding hydrogens is 911 g/mol. The second kappa shape index (κ2) is 16.8. The standard InChI is InChI=1S/C51H44F2N14O4/c1-25(46-60-36-12-5-4-10-33(36)50(68)64(46)30-15-16-30)66-48-40(44(54)56-23-58-48)42(62-66)28-8-6-9-32(20-28)71-22-27-18-31(19-27)65-47(61-37-13-7-11-34(52)39(37)51(65)69)26(2)67-49-41(45(55)57-24-59-49)43(63-67)29-14-17-38(70-3)35(53)21-29/h4-14,17,20-21,23-27,30-31H,15-16,18-19,22H2,1-3H3,(H2,54,56,58)(H2,55,57,59)/t25?,26-,27?,31?/m1/s1. The highest BCUT2D eigenvalue weighted by Gasteiger charge is 2.37. The van der Waals surface area contributed by atoms with Gasteiger partial charge in [0.2, 0.25) is 0 Å². The molecule has 2 fully saturated rings. The van der Waals surface area contributed by atoms with Crippen molar-refractivity contribution < 1.29 is 18.3 Å². The second-order valence-corrected chi connectivity index (χ2v) is 18.2. The van der Waals surface area contributed by atoms with Crippen LogP contribution in [0.3, 0.4) is 0 Å². The Bertz CT molecular complexity index is 3920. The number of anilines is 2. The van der Waals surface area contributed by atoms with Gasteiger partial charge in [-0.05, 0) is 100 Å². The lowest BCUT2D eigenvalue weighted by atomic mass is 9.80. The Morgan fingerprint density at radius 1 is 0.662 bits per heavy atom. The van der Waals surface area contributed by atoms with Crippen LogP contribution in [-0.4, -0.2) is 72.3 Å². The summed E-state index contributed by atoms with van der Waals surface area (Å²) in [4.78, 5) is 55.9. The zero-order valence-corrected chi connectivity index (χ0v) is 38.6. The maximum Gasteiger partial charge on any atom is 0.264 e. The van der Waals surface area contributed by atoms with Gasteiger partial charge in [0.1, 0.15) is 76.4 Å². The predicted octanol–water partition coefficient (Wildman–Crippen LogP) is 7.75. The first kappa shape index (κ1) is 43.6. The van der Waals surface area contributed by atoms with Crippen molar-refractivity contribution in [3.05, 3.63) is 142 Å². The molecule has 10 aromatic rings. The average Bonchev–Trinajstić information content (AvgIpc) is 4.00. The van der Waals surface area contributed by atoms with Gasteiger partial charge in [-0.3, -0.25) is 18.7 Å². The van der Waals surface area contributed by atoms with Gasteiger partial charge in [0, 0.05) is 23.2 Å². The van der Waals surface area contributed by atoms with Crippen LogP contribution in [0, 0.1) is 17.6 Å². The number of ether oxygens (including phenoxy) is 2. The molecule has 356 valence electrons. The lowest BCUT2D eigenvalue weighted by molar-refractivity contribution is 0.119. The molecule has 0 spiro atoms. The summed E-state index contributed by atoms with van der Waals surface area (Å²) in [5, 5.41) is 11.4. The Balaban J connectivity index is 0.834. The van der Waals surface area contributed by atoms with E-state index < -0.39 is 29.3 Å². The van der Waals surface area contributed by atoms with Gasteiger partial charge >= 0.3 is 0 Å². The van der Waals surface area contributed by atoms with E-state index in [0.29, 0.717) is 92.3 Å². The van der Waals surface area contributed by atoms with Crippen LogP contribution in [0.5, 0.6) is 11.5 Å². The third kappa shape index (κ3) is 7.18. The molecule has 0 saturated heterocycles. The number of hydrogen-bond acceptors (Lipinski definition) is 14. The first-order valence-corrected chi connectivity index (χ1v) is 23.2. The van der Waals surface area contributed by atoms with Crippen molar-refractivity contribution in [2.45, 2.75) is 63.7 Å². The molecule has 0 amide bonds. The molecule has 20 heteroatoms. The number of benzene rings is 4. The maximum atomic E-state index is 15.5. The first-order chi connectivity index (χ1) is 34.5. The number of aromatic nitrogens is 12. The summed E-state index contributed by atoms with van der Waals surface area (Å²) in [7, 11) is 1.38. The normalized spacial score (nSPS) is 16.7. The number of hydrogen-bond donors (Lipinski definition) is 2. The maximum absolute atomic E-state index is 15.5. The molecule has 6 heterocycles. The molecule has 12 rings (SSSR count). The molecule has 2 aliphatic rings. The third-order valence-electron chi connectivity index (χ3n) is 13.8. The first-order valence-electron chi connectivity index (χ1n) is 23.2. The fraction of sp³-hybridized carbons (Fsp3) is 0.255. The van der Waals surface area contributed by atoms with E-state index in [1.165, 1.54) is 44.0 Å². The number of fused-ring (bicyclic) bond motifs is 4. The number of methoxy groups -OCH3 is 1. The molecule has 2 atom stereocenters. The van der Waals surface area contributed by atoms with Gasteiger partial charge < -0.3 is 20.9 Å². The highest BCUT2D eigenvalue weighted by molar-refractivity contribution is 5.99. The monoisotopic (exact) mass is 954 g/mol. The number of halogens is 2. The van der Waals surface area contributed by atoms with Crippen molar-refractivity contribution in [2.75, 3.05) is 25.2 Å². The molecule has 71 heavy (non-hydrogen) atoms. The molecule has 0 radical (unpaired) electrons. The summed E-state index contributed by atoms with van der Waals surface area (Å²) in [5.74, 6) is 0.685. The van der Waals surface area contributed by atoms with Gasteiger partial charge in [-0.1, -0.05) is 30.3 Å². The minimum absolute atomic E-state index is 0.0214. The van der Waals surface area contributed by atoms with E-state index in [1.807, 2.05) is 56.3 Å². The minimum Gasteiger partial charge on any atom is -0.494 e. The Morgan fingerprint density at radius 2 is 1.27 bits per heavy atom. The van der Waals surface area contributed by atoms with Crippen molar-refractivity contribution in [3.63, 3.8) is 0 Å². The van der Waals surface area contributed by atoms with Gasteiger partial charge in [-0.25, -0.2) is 48.0 Å². The fourth-order valence-electron chi connectivity index (χ4n) is 9.97. The van der Waals surface area contributed by atoms with Crippen LogP contribution in [0.2, 0.25) is 0 Å². The lowest BCUT2D eigenvalue weighted by Crippen LogP contribution is -2.39. The Labute approximate surface area is 401 Å². The summed E-state index contributed by atoms with van der Waals surface area (Å²) in [5.41, 5.74) is 16.0. The molecule has 4 N–H and O–H groups in total. The largest absolute Gasteiger partial charge is 0.494 e. The number of rotatable bonds is 12. The molecule has 2 saturated carbocycles. The highest BCUT2D eigenvalue weighted by Crippen LogP contribution is 2.42. The van der Waals surface area contributed by atoms with Crippen LogP contribution < -0.4 is 32.1 Å². The van der Waals surface area contributed by atoms with E-state index >= 15 is 8.78 Å². The van der Waals surface area contributed by atoms with Crippen molar-refractivity contribution in [1.82, 2.24) is 58.6 Å². The summed E-state index contributed by atoms with van der Waals surface area (Å²) in [6, 6.07) is 22.1. The number of nitrogens with zero attached hydrogens (tertiary/aromatic N) is 12. The highest BCUT2D eigenvalue weighted by atomic mass is 19.1. The van der Waals surface area contributed by atoms with E-state index in [-0.39, 0.29) is 51.8 Å². The van der Waals surface area contributed by atoms with E-state index in [0.717, 1.165) is 12.8 Å². The molecule has 0 bridgehead atoms. The quantitative estimate of drug-likeness (QED) is 0.119. The Hall–Kier alpha value is -8.68.